The Morgan fingerprint density at radius 3 is 2.48 bits per heavy atom. The number of hydrogen-bond acceptors (Lipinski definition) is 4. The minimum Gasteiger partial charge on any atom is -0.494 e. The first-order valence-corrected chi connectivity index (χ1v) is 9.36. The molecule has 6 heteroatoms. The van der Waals surface area contributed by atoms with Crippen LogP contribution >= 0.6 is 12.4 Å². The number of benzene rings is 2. The standard InChI is InChI=1S/C21H25N3O2.ClH/c25-20-21(11-13-22-14-12-21)23-18-9-4-5-10-19(18)24(20)15-6-16-26-17-7-2-1-3-8-17;/h1-5,7-10,22-23H,6,11-16H2;1H. The van der Waals surface area contributed by atoms with E-state index in [1.54, 1.807) is 0 Å². The summed E-state index contributed by atoms with van der Waals surface area (Å²) >= 11 is 0. The molecule has 0 aliphatic carbocycles. The van der Waals surface area contributed by atoms with Crippen LogP contribution < -0.4 is 20.3 Å². The third kappa shape index (κ3) is 4.04. The first-order valence-electron chi connectivity index (χ1n) is 9.36. The maximum atomic E-state index is 13.3. The van der Waals surface area contributed by atoms with Crippen LogP contribution in [0.4, 0.5) is 11.4 Å². The molecule has 0 saturated carbocycles. The number of halogens is 1. The minimum atomic E-state index is -0.472. The van der Waals surface area contributed by atoms with Gasteiger partial charge in [-0.3, -0.25) is 4.79 Å². The van der Waals surface area contributed by atoms with Crippen molar-refractivity contribution in [1.82, 2.24) is 5.32 Å². The molecule has 2 heterocycles. The third-order valence-electron chi connectivity index (χ3n) is 5.22. The van der Waals surface area contributed by atoms with Crippen LogP contribution in [0.5, 0.6) is 5.75 Å². The normalized spacial score (nSPS) is 17.6. The second-order valence-corrected chi connectivity index (χ2v) is 6.95. The first kappa shape index (κ1) is 19.5. The molecule has 1 amide bonds. The number of para-hydroxylation sites is 3. The molecule has 27 heavy (non-hydrogen) atoms. The van der Waals surface area contributed by atoms with Gasteiger partial charge < -0.3 is 20.3 Å². The van der Waals surface area contributed by atoms with Crippen molar-refractivity contribution in [3.05, 3.63) is 54.6 Å². The number of anilines is 2. The maximum Gasteiger partial charge on any atom is 0.252 e. The predicted octanol–water partition coefficient (Wildman–Crippen LogP) is 3.46. The number of fused-ring (bicyclic) bond motifs is 1. The molecular formula is C21H26ClN3O2. The summed E-state index contributed by atoms with van der Waals surface area (Å²) < 4.78 is 5.79. The number of hydrogen-bond donors (Lipinski definition) is 2. The van der Waals surface area contributed by atoms with Crippen molar-refractivity contribution in [3.8, 4) is 5.75 Å². The van der Waals surface area contributed by atoms with E-state index in [2.05, 4.69) is 16.7 Å². The average Bonchev–Trinajstić information content (AvgIpc) is 2.69. The van der Waals surface area contributed by atoms with E-state index >= 15 is 0 Å². The summed E-state index contributed by atoms with van der Waals surface area (Å²) in [5, 5.41) is 6.90. The molecule has 0 atom stereocenters. The van der Waals surface area contributed by atoms with Gasteiger partial charge in [0.2, 0.25) is 0 Å². The van der Waals surface area contributed by atoms with Crippen LogP contribution in [0.25, 0.3) is 0 Å². The summed E-state index contributed by atoms with van der Waals surface area (Å²) in [7, 11) is 0. The Balaban J connectivity index is 0.00000210. The van der Waals surface area contributed by atoms with Crippen LogP contribution in [0.2, 0.25) is 0 Å². The highest BCUT2D eigenvalue weighted by molar-refractivity contribution is 6.08. The Morgan fingerprint density at radius 2 is 1.70 bits per heavy atom. The quantitative estimate of drug-likeness (QED) is 0.771. The van der Waals surface area contributed by atoms with Gasteiger partial charge in [0.25, 0.3) is 5.91 Å². The second-order valence-electron chi connectivity index (χ2n) is 6.95. The highest BCUT2D eigenvalue weighted by Crippen LogP contribution is 2.38. The summed E-state index contributed by atoms with van der Waals surface area (Å²) in [6, 6.07) is 17.9. The van der Waals surface area contributed by atoms with E-state index in [1.807, 2.05) is 53.4 Å². The minimum absolute atomic E-state index is 0. The van der Waals surface area contributed by atoms with Crippen molar-refractivity contribution in [2.45, 2.75) is 24.8 Å². The van der Waals surface area contributed by atoms with Gasteiger partial charge in [-0.25, -0.2) is 0 Å². The van der Waals surface area contributed by atoms with Crippen molar-refractivity contribution < 1.29 is 9.53 Å². The van der Waals surface area contributed by atoms with Gasteiger partial charge in [0, 0.05) is 6.54 Å². The van der Waals surface area contributed by atoms with Crippen LogP contribution in [0.3, 0.4) is 0 Å². The van der Waals surface area contributed by atoms with Crippen LogP contribution in [-0.4, -0.2) is 37.7 Å². The summed E-state index contributed by atoms with van der Waals surface area (Å²) in [5.41, 5.74) is 1.55. The number of piperidine rings is 1. The molecule has 0 unspecified atom stereocenters. The molecule has 0 bridgehead atoms. The molecule has 2 N–H and O–H groups in total. The molecule has 2 aliphatic rings. The van der Waals surface area contributed by atoms with Crippen molar-refractivity contribution in [2.75, 3.05) is 36.5 Å². The highest BCUT2D eigenvalue weighted by Gasteiger charge is 2.46. The van der Waals surface area contributed by atoms with E-state index in [1.165, 1.54) is 0 Å². The highest BCUT2D eigenvalue weighted by atomic mass is 35.5. The van der Waals surface area contributed by atoms with Gasteiger partial charge in [-0.15, -0.1) is 12.4 Å². The smallest absolute Gasteiger partial charge is 0.252 e. The third-order valence-corrected chi connectivity index (χ3v) is 5.22. The summed E-state index contributed by atoms with van der Waals surface area (Å²) in [6.07, 6.45) is 2.43. The lowest BCUT2D eigenvalue weighted by molar-refractivity contribution is -0.124. The Labute approximate surface area is 166 Å². The maximum absolute atomic E-state index is 13.3. The summed E-state index contributed by atoms with van der Waals surface area (Å²) in [6.45, 7) is 3.00. The van der Waals surface area contributed by atoms with Crippen molar-refractivity contribution >= 4 is 29.7 Å². The molecule has 144 valence electrons. The fourth-order valence-corrected chi connectivity index (χ4v) is 3.84. The SMILES string of the molecule is Cl.O=C1N(CCCOc2ccccc2)c2ccccc2NC12CCNCC2. The predicted molar refractivity (Wildman–Crippen MR) is 111 cm³/mol. The molecule has 0 aromatic heterocycles. The van der Waals surface area contributed by atoms with Gasteiger partial charge in [-0.2, -0.15) is 0 Å². The molecular weight excluding hydrogens is 362 g/mol. The van der Waals surface area contributed by atoms with Gasteiger partial charge in [0.05, 0.1) is 18.0 Å². The zero-order chi connectivity index (χ0) is 17.8. The van der Waals surface area contributed by atoms with Crippen LogP contribution in [-0.2, 0) is 4.79 Å². The number of carbonyl (C=O) groups is 1. The Morgan fingerprint density at radius 1 is 1.00 bits per heavy atom. The molecule has 0 radical (unpaired) electrons. The Hall–Kier alpha value is -2.24. The largest absolute Gasteiger partial charge is 0.494 e. The number of nitrogens with zero attached hydrogens (tertiary/aromatic N) is 1. The fraction of sp³-hybridized carbons (Fsp3) is 0.381. The number of carbonyl (C=O) groups excluding carboxylic acids is 1. The van der Waals surface area contributed by atoms with E-state index < -0.39 is 5.54 Å². The lowest BCUT2D eigenvalue weighted by Gasteiger charge is -2.46. The number of ether oxygens (including phenoxy) is 1. The first-order chi connectivity index (χ1) is 12.8. The van der Waals surface area contributed by atoms with Crippen molar-refractivity contribution in [3.63, 3.8) is 0 Å². The average molecular weight is 388 g/mol. The molecule has 1 fully saturated rings. The van der Waals surface area contributed by atoms with E-state index in [-0.39, 0.29) is 18.3 Å². The lowest BCUT2D eigenvalue weighted by Crippen LogP contribution is -2.61. The second kappa shape index (κ2) is 8.63. The summed E-state index contributed by atoms with van der Waals surface area (Å²) in [4.78, 5) is 15.3. The molecule has 1 saturated heterocycles. The zero-order valence-electron chi connectivity index (χ0n) is 15.3. The van der Waals surface area contributed by atoms with Crippen LogP contribution in [0, 0.1) is 0 Å². The topological polar surface area (TPSA) is 53.6 Å². The molecule has 2 aliphatic heterocycles. The molecule has 4 rings (SSSR count). The van der Waals surface area contributed by atoms with Gasteiger partial charge in [-0.1, -0.05) is 30.3 Å². The Kier molecular flexibility index (Phi) is 6.24. The zero-order valence-corrected chi connectivity index (χ0v) is 16.1. The number of rotatable bonds is 5. The summed E-state index contributed by atoms with van der Waals surface area (Å²) in [5.74, 6) is 1.06. The van der Waals surface area contributed by atoms with E-state index in [0.717, 1.165) is 49.5 Å². The fourth-order valence-electron chi connectivity index (χ4n) is 3.84. The van der Waals surface area contributed by atoms with Crippen LogP contribution in [0.15, 0.2) is 54.6 Å². The van der Waals surface area contributed by atoms with Gasteiger partial charge in [-0.05, 0) is 56.6 Å². The van der Waals surface area contributed by atoms with Crippen molar-refractivity contribution in [1.29, 1.82) is 0 Å². The lowest BCUT2D eigenvalue weighted by atomic mass is 9.84. The number of amides is 1. The van der Waals surface area contributed by atoms with E-state index in [0.29, 0.717) is 13.2 Å². The van der Waals surface area contributed by atoms with Crippen LogP contribution in [0.1, 0.15) is 19.3 Å². The van der Waals surface area contributed by atoms with Gasteiger partial charge in [0.1, 0.15) is 11.3 Å². The van der Waals surface area contributed by atoms with Gasteiger partial charge in [0.15, 0.2) is 0 Å². The molecule has 2 aromatic rings. The molecule has 5 nitrogen and oxygen atoms in total. The van der Waals surface area contributed by atoms with Crippen molar-refractivity contribution in [2.24, 2.45) is 0 Å². The van der Waals surface area contributed by atoms with Gasteiger partial charge >= 0.3 is 0 Å². The van der Waals surface area contributed by atoms with E-state index in [4.69, 9.17) is 4.74 Å². The number of nitrogens with one attached hydrogen (secondary N) is 2. The molecule has 1 spiro atoms. The monoisotopic (exact) mass is 387 g/mol. The molecule has 2 aromatic carbocycles. The Bertz CT molecular complexity index is 763. The van der Waals surface area contributed by atoms with E-state index in [9.17, 15) is 4.79 Å².